The third-order valence-corrected chi connectivity index (χ3v) is 7.29. The summed E-state index contributed by atoms with van der Waals surface area (Å²) in [6.07, 6.45) is 4.08. The molecule has 1 amide bonds. The maximum absolute atomic E-state index is 13.8. The molecule has 4 nitrogen and oxygen atoms in total. The lowest BCUT2D eigenvalue weighted by molar-refractivity contribution is -0.113. The van der Waals surface area contributed by atoms with Gasteiger partial charge in [0.15, 0.2) is 5.17 Å². The molecule has 0 aliphatic carbocycles. The van der Waals surface area contributed by atoms with Crippen LogP contribution in [0.4, 0.5) is 11.4 Å². The molecule has 4 aromatic rings. The molecule has 5 rings (SSSR count). The number of hydrogen-bond donors (Lipinski definition) is 0. The summed E-state index contributed by atoms with van der Waals surface area (Å²) in [5.74, 6) is 0.798. The number of aliphatic imine (C=N–C) groups is 1. The highest BCUT2D eigenvalue weighted by Crippen LogP contribution is 2.39. The highest BCUT2D eigenvalue weighted by Gasteiger charge is 2.35. The highest BCUT2D eigenvalue weighted by molar-refractivity contribution is 8.19. The second-order valence-electron chi connectivity index (χ2n) is 9.22. The first-order valence-corrected chi connectivity index (χ1v) is 13.5. The molecule has 1 heterocycles. The molecular weight excluding hydrogens is 476 g/mol. The van der Waals surface area contributed by atoms with Gasteiger partial charge in [-0.2, -0.15) is 0 Å². The van der Waals surface area contributed by atoms with Gasteiger partial charge in [-0.3, -0.25) is 9.69 Å². The SMILES string of the molecule is CCCCOc1ccc(/C=C2/SC(=Nc3ccc(C)cc3)N(c3ccc(C)cc3)C2=O)c2ccccc12. The number of fused-ring (bicyclic) bond motifs is 1. The number of thioether (sulfide) groups is 1. The number of amidine groups is 1. The largest absolute Gasteiger partial charge is 0.493 e. The van der Waals surface area contributed by atoms with Crippen molar-refractivity contribution >= 4 is 51.1 Å². The van der Waals surface area contributed by atoms with Gasteiger partial charge in [-0.15, -0.1) is 0 Å². The number of carbonyl (C=O) groups is 1. The van der Waals surface area contributed by atoms with E-state index in [1.54, 1.807) is 4.90 Å². The molecule has 0 spiro atoms. The Hall–Kier alpha value is -3.83. The van der Waals surface area contributed by atoms with Crippen LogP contribution in [0.2, 0.25) is 0 Å². The minimum absolute atomic E-state index is 0.0768. The predicted molar refractivity (Wildman–Crippen MR) is 157 cm³/mol. The molecular formula is C32H30N2O2S. The van der Waals surface area contributed by atoms with Crippen molar-refractivity contribution in [1.82, 2.24) is 0 Å². The van der Waals surface area contributed by atoms with Crippen LogP contribution in [0.1, 0.15) is 36.5 Å². The molecule has 1 aliphatic heterocycles. The molecule has 0 aromatic heterocycles. The average molecular weight is 507 g/mol. The van der Waals surface area contributed by atoms with Crippen LogP contribution < -0.4 is 9.64 Å². The van der Waals surface area contributed by atoms with E-state index >= 15 is 0 Å². The topological polar surface area (TPSA) is 41.9 Å². The van der Waals surface area contributed by atoms with E-state index in [1.807, 2.05) is 85.8 Å². The van der Waals surface area contributed by atoms with E-state index in [2.05, 4.69) is 26.0 Å². The summed E-state index contributed by atoms with van der Waals surface area (Å²) >= 11 is 1.41. The van der Waals surface area contributed by atoms with Gasteiger partial charge in [-0.25, -0.2) is 4.99 Å². The number of ether oxygens (including phenoxy) is 1. The number of unbranched alkanes of at least 4 members (excludes halogenated alkanes) is 1. The molecule has 1 aliphatic rings. The quantitative estimate of drug-likeness (QED) is 0.187. The van der Waals surface area contributed by atoms with Gasteiger partial charge < -0.3 is 4.74 Å². The van der Waals surface area contributed by atoms with Gasteiger partial charge in [0.25, 0.3) is 5.91 Å². The van der Waals surface area contributed by atoms with Crippen LogP contribution in [0.15, 0.2) is 94.8 Å². The zero-order chi connectivity index (χ0) is 25.8. The molecule has 0 saturated carbocycles. The summed E-state index contributed by atoms with van der Waals surface area (Å²) in [5, 5.41) is 2.75. The number of aryl methyl sites for hydroxylation is 2. The molecule has 4 aromatic carbocycles. The van der Waals surface area contributed by atoms with Crippen molar-refractivity contribution in [2.45, 2.75) is 33.6 Å². The third kappa shape index (κ3) is 5.47. The Balaban J connectivity index is 1.56. The highest BCUT2D eigenvalue weighted by atomic mass is 32.2. The van der Waals surface area contributed by atoms with Crippen molar-refractivity contribution in [3.05, 3.63) is 107 Å². The minimum Gasteiger partial charge on any atom is -0.493 e. The van der Waals surface area contributed by atoms with Gasteiger partial charge in [0.05, 0.1) is 22.9 Å². The van der Waals surface area contributed by atoms with Gasteiger partial charge in [0.1, 0.15) is 5.75 Å². The fourth-order valence-corrected chi connectivity index (χ4v) is 5.21. The maximum atomic E-state index is 13.8. The van der Waals surface area contributed by atoms with Crippen LogP contribution in [0.25, 0.3) is 16.8 Å². The van der Waals surface area contributed by atoms with Crippen LogP contribution in [0.5, 0.6) is 5.75 Å². The first-order valence-electron chi connectivity index (χ1n) is 12.6. The van der Waals surface area contributed by atoms with Gasteiger partial charge in [-0.1, -0.05) is 79.1 Å². The molecule has 1 fully saturated rings. The first kappa shape index (κ1) is 24.8. The van der Waals surface area contributed by atoms with Crippen LogP contribution >= 0.6 is 11.8 Å². The molecule has 0 N–H and O–H groups in total. The molecule has 37 heavy (non-hydrogen) atoms. The fraction of sp³-hybridized carbons (Fsp3) is 0.188. The van der Waals surface area contributed by atoms with Crippen molar-refractivity contribution in [3.63, 3.8) is 0 Å². The summed E-state index contributed by atoms with van der Waals surface area (Å²) in [6, 6.07) is 28.2. The zero-order valence-corrected chi connectivity index (χ0v) is 22.2. The fourth-order valence-electron chi connectivity index (χ4n) is 4.21. The second-order valence-corrected chi connectivity index (χ2v) is 10.2. The van der Waals surface area contributed by atoms with E-state index in [1.165, 1.54) is 17.3 Å². The Labute approximate surface area is 222 Å². The molecule has 1 saturated heterocycles. The molecule has 0 unspecified atom stereocenters. The normalized spacial score (nSPS) is 15.8. The zero-order valence-electron chi connectivity index (χ0n) is 21.4. The summed E-state index contributed by atoms with van der Waals surface area (Å²) in [6.45, 7) is 6.94. The number of anilines is 1. The van der Waals surface area contributed by atoms with Crippen LogP contribution in [-0.4, -0.2) is 17.7 Å². The molecule has 0 atom stereocenters. The Bertz CT molecular complexity index is 1490. The standard InChI is InChI=1S/C32H30N2O2S/c1-4-5-20-36-29-19-14-24(27-8-6-7-9-28(27)29)21-30-31(35)34(26-17-12-23(3)13-18-26)32(37-30)33-25-15-10-22(2)11-16-25/h6-19,21H,4-5,20H2,1-3H3/b30-21+,33-32?. The smallest absolute Gasteiger partial charge is 0.271 e. The van der Waals surface area contributed by atoms with Crippen LogP contribution in [0, 0.1) is 13.8 Å². The Morgan fingerprint density at radius 3 is 2.24 bits per heavy atom. The van der Waals surface area contributed by atoms with E-state index in [-0.39, 0.29) is 5.91 Å². The molecule has 0 radical (unpaired) electrons. The third-order valence-electron chi connectivity index (χ3n) is 6.32. The maximum Gasteiger partial charge on any atom is 0.271 e. The predicted octanol–water partition coefficient (Wildman–Crippen LogP) is 8.44. The molecule has 0 bridgehead atoms. The van der Waals surface area contributed by atoms with Crippen molar-refractivity contribution in [3.8, 4) is 5.75 Å². The van der Waals surface area contributed by atoms with Crippen molar-refractivity contribution in [1.29, 1.82) is 0 Å². The Morgan fingerprint density at radius 1 is 0.865 bits per heavy atom. The lowest BCUT2D eigenvalue weighted by Crippen LogP contribution is -2.28. The Morgan fingerprint density at radius 2 is 1.54 bits per heavy atom. The summed E-state index contributed by atoms with van der Waals surface area (Å²) in [4.78, 5) is 21.0. The van der Waals surface area contributed by atoms with Gasteiger partial charge in [-0.05, 0) is 79.4 Å². The number of rotatable bonds is 7. The van der Waals surface area contributed by atoms with E-state index in [4.69, 9.17) is 9.73 Å². The second kappa shape index (κ2) is 11.1. The van der Waals surface area contributed by atoms with Gasteiger partial charge in [0.2, 0.25) is 0 Å². The molecule has 186 valence electrons. The lowest BCUT2D eigenvalue weighted by atomic mass is 10.0. The summed E-state index contributed by atoms with van der Waals surface area (Å²) in [7, 11) is 0. The number of carbonyl (C=O) groups excluding carboxylic acids is 1. The lowest BCUT2D eigenvalue weighted by Gasteiger charge is -2.16. The average Bonchev–Trinajstić information content (AvgIpc) is 3.21. The molecule has 5 heteroatoms. The van der Waals surface area contributed by atoms with E-state index in [0.717, 1.165) is 51.9 Å². The number of hydrogen-bond acceptors (Lipinski definition) is 4. The van der Waals surface area contributed by atoms with Crippen molar-refractivity contribution in [2.24, 2.45) is 4.99 Å². The van der Waals surface area contributed by atoms with Crippen molar-refractivity contribution in [2.75, 3.05) is 11.5 Å². The van der Waals surface area contributed by atoms with E-state index in [0.29, 0.717) is 16.7 Å². The number of benzene rings is 4. The van der Waals surface area contributed by atoms with Crippen LogP contribution in [-0.2, 0) is 4.79 Å². The van der Waals surface area contributed by atoms with Gasteiger partial charge >= 0.3 is 0 Å². The van der Waals surface area contributed by atoms with Crippen molar-refractivity contribution < 1.29 is 9.53 Å². The number of amides is 1. The monoisotopic (exact) mass is 506 g/mol. The van der Waals surface area contributed by atoms with E-state index in [9.17, 15) is 4.79 Å². The summed E-state index contributed by atoms with van der Waals surface area (Å²) in [5.41, 5.74) is 4.92. The van der Waals surface area contributed by atoms with Gasteiger partial charge in [0, 0.05) is 5.39 Å². The summed E-state index contributed by atoms with van der Waals surface area (Å²) < 4.78 is 6.06. The van der Waals surface area contributed by atoms with Crippen LogP contribution in [0.3, 0.4) is 0 Å². The minimum atomic E-state index is -0.0768. The number of nitrogens with zero attached hydrogens (tertiary/aromatic N) is 2. The Kier molecular flexibility index (Phi) is 7.42. The van der Waals surface area contributed by atoms with E-state index < -0.39 is 0 Å². The first-order chi connectivity index (χ1) is 18.0.